The maximum Gasteiger partial charge on any atom is 0.404 e. The average molecular weight is 228 g/mol. The van der Waals surface area contributed by atoms with Crippen molar-refractivity contribution in [1.29, 1.82) is 0 Å². The molecule has 1 amide bonds. The number of nitrogens with zero attached hydrogens (tertiary/aromatic N) is 1. The van der Waals surface area contributed by atoms with E-state index in [0.29, 0.717) is 18.8 Å². The highest BCUT2D eigenvalue weighted by atomic mass is 19.1. The first-order valence-corrected chi connectivity index (χ1v) is 4.72. The molecule has 0 aromatic heterocycles. The average Bonchev–Trinajstić information content (AvgIpc) is 2.08. The highest BCUT2D eigenvalue weighted by Crippen LogP contribution is 2.24. The number of primary amides is 1. The molecule has 16 heavy (non-hydrogen) atoms. The van der Waals surface area contributed by atoms with Crippen LogP contribution in [0.25, 0.3) is 0 Å². The molecule has 0 saturated carbocycles. The molecule has 2 rings (SSSR count). The van der Waals surface area contributed by atoms with Gasteiger partial charge in [-0.25, -0.2) is 13.6 Å². The molecule has 0 spiro atoms. The van der Waals surface area contributed by atoms with E-state index in [2.05, 4.69) is 0 Å². The van der Waals surface area contributed by atoms with Gasteiger partial charge in [-0.3, -0.25) is 0 Å². The summed E-state index contributed by atoms with van der Waals surface area (Å²) < 4.78 is 30.5. The monoisotopic (exact) mass is 228 g/mol. The van der Waals surface area contributed by atoms with Crippen LogP contribution in [0.1, 0.15) is 0 Å². The molecule has 0 bridgehead atoms. The number of hydrogen-bond acceptors (Lipinski definition) is 3. The fraction of sp³-hybridized carbons (Fsp3) is 0.300. The summed E-state index contributed by atoms with van der Waals surface area (Å²) >= 11 is 0. The third-order valence-corrected chi connectivity index (χ3v) is 2.34. The number of halogens is 2. The van der Waals surface area contributed by atoms with Gasteiger partial charge in [-0.05, 0) is 12.1 Å². The van der Waals surface area contributed by atoms with Crippen molar-refractivity contribution < 1.29 is 18.3 Å². The molecule has 1 fully saturated rings. The van der Waals surface area contributed by atoms with Crippen molar-refractivity contribution in [2.45, 2.75) is 6.10 Å². The number of hydrogen-bond donors (Lipinski definition) is 1. The van der Waals surface area contributed by atoms with Crippen LogP contribution in [0.4, 0.5) is 19.3 Å². The van der Waals surface area contributed by atoms with E-state index < -0.39 is 17.7 Å². The molecular formula is C10H10F2N2O2. The van der Waals surface area contributed by atoms with Gasteiger partial charge in [0.05, 0.1) is 13.1 Å². The van der Waals surface area contributed by atoms with Crippen LogP contribution >= 0.6 is 0 Å². The minimum absolute atomic E-state index is 0.302. The lowest BCUT2D eigenvalue weighted by Crippen LogP contribution is -2.53. The van der Waals surface area contributed by atoms with Crippen LogP contribution in [0.2, 0.25) is 0 Å². The van der Waals surface area contributed by atoms with Crippen LogP contribution in [0.3, 0.4) is 0 Å². The summed E-state index contributed by atoms with van der Waals surface area (Å²) in [7, 11) is 0. The SMILES string of the molecule is NC(=O)OC1CN(c2cc(F)cc(F)c2)C1. The second-order valence-electron chi connectivity index (χ2n) is 3.59. The van der Waals surface area contributed by atoms with E-state index in [4.69, 9.17) is 10.5 Å². The molecule has 2 N–H and O–H groups in total. The second-order valence-corrected chi connectivity index (χ2v) is 3.59. The number of carbonyl (C=O) groups excluding carboxylic acids is 1. The van der Waals surface area contributed by atoms with Gasteiger partial charge in [-0.15, -0.1) is 0 Å². The van der Waals surface area contributed by atoms with Gasteiger partial charge in [0.2, 0.25) is 0 Å². The molecule has 86 valence electrons. The van der Waals surface area contributed by atoms with Gasteiger partial charge >= 0.3 is 6.09 Å². The number of nitrogens with two attached hydrogens (primary N) is 1. The van der Waals surface area contributed by atoms with Gasteiger partial charge in [-0.2, -0.15) is 0 Å². The maximum absolute atomic E-state index is 12.9. The Kier molecular flexibility index (Phi) is 2.64. The lowest BCUT2D eigenvalue weighted by atomic mass is 10.1. The van der Waals surface area contributed by atoms with E-state index in [1.54, 1.807) is 4.90 Å². The summed E-state index contributed by atoms with van der Waals surface area (Å²) in [5.74, 6) is -1.26. The summed E-state index contributed by atoms with van der Waals surface area (Å²) in [5.41, 5.74) is 5.27. The number of carbonyl (C=O) groups is 1. The quantitative estimate of drug-likeness (QED) is 0.828. The Morgan fingerprint density at radius 2 is 1.88 bits per heavy atom. The minimum Gasteiger partial charge on any atom is -0.443 e. The zero-order valence-corrected chi connectivity index (χ0v) is 8.32. The van der Waals surface area contributed by atoms with Crippen LogP contribution in [0.15, 0.2) is 18.2 Å². The van der Waals surface area contributed by atoms with Gasteiger partial charge in [0, 0.05) is 11.8 Å². The Hall–Kier alpha value is -1.85. The van der Waals surface area contributed by atoms with E-state index in [-0.39, 0.29) is 6.10 Å². The van der Waals surface area contributed by atoms with Gasteiger partial charge in [0.1, 0.15) is 17.7 Å². The number of ether oxygens (including phenoxy) is 1. The molecule has 0 radical (unpaired) electrons. The zero-order valence-electron chi connectivity index (χ0n) is 8.32. The van der Waals surface area contributed by atoms with E-state index >= 15 is 0 Å². The topological polar surface area (TPSA) is 55.6 Å². The van der Waals surface area contributed by atoms with Crippen LogP contribution < -0.4 is 10.6 Å². The van der Waals surface area contributed by atoms with Gasteiger partial charge in [0.15, 0.2) is 0 Å². The fourth-order valence-electron chi connectivity index (χ4n) is 1.61. The Labute approximate surface area is 90.6 Å². The van der Waals surface area contributed by atoms with Crippen molar-refractivity contribution in [3.05, 3.63) is 29.8 Å². The second kappa shape index (κ2) is 3.96. The van der Waals surface area contributed by atoms with Gasteiger partial charge in [0.25, 0.3) is 0 Å². The predicted molar refractivity (Wildman–Crippen MR) is 53.0 cm³/mol. The van der Waals surface area contributed by atoms with Crippen molar-refractivity contribution in [3.63, 3.8) is 0 Å². The lowest BCUT2D eigenvalue weighted by Gasteiger charge is -2.39. The smallest absolute Gasteiger partial charge is 0.404 e. The third kappa shape index (κ3) is 2.21. The molecule has 0 unspecified atom stereocenters. The number of rotatable bonds is 2. The molecule has 1 heterocycles. The summed E-state index contributed by atoms with van der Waals surface area (Å²) in [4.78, 5) is 12.1. The highest BCUT2D eigenvalue weighted by molar-refractivity contribution is 5.65. The lowest BCUT2D eigenvalue weighted by molar-refractivity contribution is 0.0889. The number of anilines is 1. The molecule has 0 aliphatic carbocycles. The molecule has 1 aromatic rings. The normalized spacial score (nSPS) is 15.8. The van der Waals surface area contributed by atoms with Crippen LogP contribution in [-0.2, 0) is 4.74 Å². The minimum atomic E-state index is -0.838. The summed E-state index contributed by atoms with van der Waals surface area (Å²) in [6.45, 7) is 0.789. The zero-order chi connectivity index (χ0) is 11.7. The number of benzene rings is 1. The third-order valence-electron chi connectivity index (χ3n) is 2.34. The van der Waals surface area contributed by atoms with Crippen molar-refractivity contribution in [2.75, 3.05) is 18.0 Å². The Morgan fingerprint density at radius 3 is 2.38 bits per heavy atom. The van der Waals surface area contributed by atoms with E-state index in [9.17, 15) is 13.6 Å². The first-order valence-electron chi connectivity index (χ1n) is 4.72. The standard InChI is InChI=1S/C10H10F2N2O2/c11-6-1-7(12)3-8(2-6)14-4-9(5-14)16-10(13)15/h1-3,9H,4-5H2,(H2,13,15). The van der Waals surface area contributed by atoms with Crippen LogP contribution in [0.5, 0.6) is 0 Å². The highest BCUT2D eigenvalue weighted by Gasteiger charge is 2.30. The molecule has 1 saturated heterocycles. The predicted octanol–water partition coefficient (Wildman–Crippen LogP) is 1.25. The molecule has 1 aromatic carbocycles. The largest absolute Gasteiger partial charge is 0.443 e. The van der Waals surface area contributed by atoms with Gasteiger partial charge < -0.3 is 15.4 Å². The van der Waals surface area contributed by atoms with E-state index in [0.717, 1.165) is 6.07 Å². The van der Waals surface area contributed by atoms with Crippen molar-refractivity contribution in [3.8, 4) is 0 Å². The van der Waals surface area contributed by atoms with Gasteiger partial charge in [-0.1, -0.05) is 0 Å². The van der Waals surface area contributed by atoms with E-state index in [1.807, 2.05) is 0 Å². The van der Waals surface area contributed by atoms with Crippen molar-refractivity contribution >= 4 is 11.8 Å². The first-order chi connectivity index (χ1) is 7.54. The Bertz CT molecular complexity index is 399. The molecule has 1 aliphatic rings. The number of amides is 1. The molecular weight excluding hydrogens is 218 g/mol. The molecule has 0 atom stereocenters. The fourth-order valence-corrected chi connectivity index (χ4v) is 1.61. The van der Waals surface area contributed by atoms with Crippen molar-refractivity contribution in [2.24, 2.45) is 5.73 Å². The van der Waals surface area contributed by atoms with E-state index in [1.165, 1.54) is 12.1 Å². The Morgan fingerprint density at radius 1 is 1.31 bits per heavy atom. The Balaban J connectivity index is 1.98. The van der Waals surface area contributed by atoms with Crippen LogP contribution in [0, 0.1) is 11.6 Å². The molecule has 6 heteroatoms. The maximum atomic E-state index is 12.9. The van der Waals surface area contributed by atoms with Crippen molar-refractivity contribution in [1.82, 2.24) is 0 Å². The van der Waals surface area contributed by atoms with Crippen LogP contribution in [-0.4, -0.2) is 25.3 Å². The summed E-state index contributed by atoms with van der Waals surface area (Å²) in [6.07, 6.45) is -1.14. The molecule has 1 aliphatic heterocycles. The summed E-state index contributed by atoms with van der Waals surface area (Å²) in [6, 6.07) is 3.26. The summed E-state index contributed by atoms with van der Waals surface area (Å²) in [5, 5.41) is 0. The first kappa shape index (κ1) is 10.7. The molecule has 4 nitrogen and oxygen atoms in total.